The molecular formula is C20H27N3O2. The minimum absolute atomic E-state index is 0.205. The molecule has 1 fully saturated rings. The standard InChI is InChI=1S/C20H27N3O2/c1-3-23(4-2)17-9-7-16(8-10-17)21-20(24)19-12-11-18(25-19)15-22-13-5-6-14-22/h7-12H,3-6,13-15H2,1-2H3,(H,21,24). The van der Waals surface area contributed by atoms with Crippen LogP contribution in [0.5, 0.6) is 0 Å². The van der Waals surface area contributed by atoms with Crippen molar-refractivity contribution in [2.24, 2.45) is 0 Å². The van der Waals surface area contributed by atoms with Gasteiger partial charge in [0.15, 0.2) is 5.76 Å². The number of hydrogen-bond acceptors (Lipinski definition) is 4. The number of likely N-dealkylation sites (tertiary alicyclic amines) is 1. The number of hydrogen-bond donors (Lipinski definition) is 1. The van der Waals surface area contributed by atoms with E-state index in [2.05, 4.69) is 29.0 Å². The van der Waals surface area contributed by atoms with Gasteiger partial charge in [-0.15, -0.1) is 0 Å². The molecule has 5 nitrogen and oxygen atoms in total. The zero-order valence-electron chi connectivity index (χ0n) is 15.1. The topological polar surface area (TPSA) is 48.7 Å². The van der Waals surface area contributed by atoms with Gasteiger partial charge in [-0.2, -0.15) is 0 Å². The van der Waals surface area contributed by atoms with Crippen molar-refractivity contribution in [3.05, 3.63) is 47.9 Å². The van der Waals surface area contributed by atoms with Crippen molar-refractivity contribution >= 4 is 17.3 Å². The van der Waals surface area contributed by atoms with Crippen molar-refractivity contribution < 1.29 is 9.21 Å². The summed E-state index contributed by atoms with van der Waals surface area (Å²) in [5, 5.41) is 2.90. The molecule has 1 aliphatic rings. The zero-order valence-corrected chi connectivity index (χ0v) is 15.1. The first-order valence-corrected chi connectivity index (χ1v) is 9.17. The maximum absolute atomic E-state index is 12.4. The lowest BCUT2D eigenvalue weighted by Crippen LogP contribution is -2.21. The second-order valence-electron chi connectivity index (χ2n) is 6.42. The lowest BCUT2D eigenvalue weighted by atomic mass is 10.2. The van der Waals surface area contributed by atoms with Crippen molar-refractivity contribution in [1.29, 1.82) is 0 Å². The maximum Gasteiger partial charge on any atom is 0.291 e. The molecule has 1 aromatic carbocycles. The molecule has 1 aliphatic heterocycles. The van der Waals surface area contributed by atoms with E-state index in [1.807, 2.05) is 30.3 Å². The second-order valence-corrected chi connectivity index (χ2v) is 6.42. The first-order valence-electron chi connectivity index (χ1n) is 9.17. The van der Waals surface area contributed by atoms with E-state index in [0.717, 1.165) is 49.9 Å². The van der Waals surface area contributed by atoms with Crippen molar-refractivity contribution in [2.45, 2.75) is 33.2 Å². The highest BCUT2D eigenvalue weighted by Crippen LogP contribution is 2.19. The molecule has 0 radical (unpaired) electrons. The smallest absolute Gasteiger partial charge is 0.291 e. The van der Waals surface area contributed by atoms with Crippen LogP contribution in [0.15, 0.2) is 40.8 Å². The molecule has 0 spiro atoms. The number of carbonyl (C=O) groups is 1. The number of carbonyl (C=O) groups excluding carboxylic acids is 1. The summed E-state index contributed by atoms with van der Waals surface area (Å²) in [6.45, 7) is 9.21. The van der Waals surface area contributed by atoms with E-state index in [9.17, 15) is 4.79 Å². The number of rotatable bonds is 7. The number of anilines is 2. The minimum Gasteiger partial charge on any atom is -0.455 e. The molecule has 1 N–H and O–H groups in total. The van der Waals surface area contributed by atoms with Crippen LogP contribution in [0.3, 0.4) is 0 Å². The average Bonchev–Trinajstić information content (AvgIpc) is 3.30. The Morgan fingerprint density at radius 1 is 1.08 bits per heavy atom. The summed E-state index contributed by atoms with van der Waals surface area (Å²) in [5.74, 6) is 1.01. The zero-order chi connectivity index (χ0) is 17.6. The van der Waals surface area contributed by atoms with E-state index in [-0.39, 0.29) is 5.91 Å². The molecule has 134 valence electrons. The monoisotopic (exact) mass is 341 g/mol. The summed E-state index contributed by atoms with van der Waals surface area (Å²) in [6, 6.07) is 11.6. The first kappa shape index (κ1) is 17.5. The average molecular weight is 341 g/mol. The van der Waals surface area contributed by atoms with Crippen molar-refractivity contribution in [2.75, 3.05) is 36.4 Å². The Morgan fingerprint density at radius 2 is 1.76 bits per heavy atom. The van der Waals surface area contributed by atoms with E-state index < -0.39 is 0 Å². The third-order valence-electron chi connectivity index (χ3n) is 4.72. The largest absolute Gasteiger partial charge is 0.455 e. The summed E-state index contributed by atoms with van der Waals surface area (Å²) in [7, 11) is 0. The van der Waals surface area contributed by atoms with Gasteiger partial charge in [-0.1, -0.05) is 0 Å². The van der Waals surface area contributed by atoms with E-state index >= 15 is 0 Å². The van der Waals surface area contributed by atoms with Gasteiger partial charge in [0.05, 0.1) is 6.54 Å². The molecule has 0 unspecified atom stereocenters. The molecule has 0 atom stereocenters. The lowest BCUT2D eigenvalue weighted by Gasteiger charge is -2.21. The molecule has 2 heterocycles. The van der Waals surface area contributed by atoms with Gasteiger partial charge < -0.3 is 14.6 Å². The van der Waals surface area contributed by atoms with Crippen LogP contribution in [0, 0.1) is 0 Å². The fourth-order valence-electron chi connectivity index (χ4n) is 3.28. The molecule has 25 heavy (non-hydrogen) atoms. The molecule has 2 aromatic rings. The van der Waals surface area contributed by atoms with Crippen LogP contribution < -0.4 is 10.2 Å². The van der Waals surface area contributed by atoms with Gasteiger partial charge >= 0.3 is 0 Å². The third kappa shape index (κ3) is 4.42. The first-order chi connectivity index (χ1) is 12.2. The molecule has 1 saturated heterocycles. The molecule has 5 heteroatoms. The number of nitrogens with one attached hydrogen (secondary N) is 1. The number of benzene rings is 1. The van der Waals surface area contributed by atoms with E-state index in [1.165, 1.54) is 12.8 Å². The van der Waals surface area contributed by atoms with E-state index in [1.54, 1.807) is 6.07 Å². The molecule has 0 saturated carbocycles. The SMILES string of the molecule is CCN(CC)c1ccc(NC(=O)c2ccc(CN3CCCC3)o2)cc1. The lowest BCUT2D eigenvalue weighted by molar-refractivity contribution is 0.0993. The summed E-state index contributed by atoms with van der Waals surface area (Å²) in [5.41, 5.74) is 1.94. The Hall–Kier alpha value is -2.27. The summed E-state index contributed by atoms with van der Waals surface area (Å²) in [4.78, 5) is 17.0. The Bertz CT molecular complexity index is 683. The third-order valence-corrected chi connectivity index (χ3v) is 4.72. The van der Waals surface area contributed by atoms with Crippen LogP contribution in [0.25, 0.3) is 0 Å². The minimum atomic E-state index is -0.205. The van der Waals surface area contributed by atoms with E-state index in [0.29, 0.717) is 5.76 Å². The Morgan fingerprint density at radius 3 is 2.40 bits per heavy atom. The predicted molar refractivity (Wildman–Crippen MR) is 101 cm³/mol. The van der Waals surface area contributed by atoms with Gasteiger partial charge in [-0.05, 0) is 76.2 Å². The Kier molecular flexibility index (Phi) is 5.76. The summed E-state index contributed by atoms with van der Waals surface area (Å²) in [6.07, 6.45) is 2.50. The summed E-state index contributed by atoms with van der Waals surface area (Å²) >= 11 is 0. The normalized spacial score (nSPS) is 14.6. The van der Waals surface area contributed by atoms with E-state index in [4.69, 9.17) is 4.42 Å². The second kappa shape index (κ2) is 8.21. The van der Waals surface area contributed by atoms with Gasteiger partial charge in [-0.25, -0.2) is 0 Å². The summed E-state index contributed by atoms with van der Waals surface area (Å²) < 4.78 is 5.71. The van der Waals surface area contributed by atoms with Crippen LogP contribution in [0.4, 0.5) is 11.4 Å². The van der Waals surface area contributed by atoms with Crippen LogP contribution in [-0.2, 0) is 6.54 Å². The number of nitrogens with zero attached hydrogens (tertiary/aromatic N) is 2. The highest BCUT2D eigenvalue weighted by Gasteiger charge is 2.16. The quantitative estimate of drug-likeness (QED) is 0.828. The molecular weight excluding hydrogens is 314 g/mol. The Balaban J connectivity index is 1.59. The van der Waals surface area contributed by atoms with Gasteiger partial charge in [0, 0.05) is 24.5 Å². The van der Waals surface area contributed by atoms with Gasteiger partial charge in [0.2, 0.25) is 0 Å². The maximum atomic E-state index is 12.4. The molecule has 3 rings (SSSR count). The van der Waals surface area contributed by atoms with Crippen molar-refractivity contribution in [1.82, 2.24) is 4.90 Å². The fourth-order valence-corrected chi connectivity index (χ4v) is 3.28. The number of furan rings is 1. The highest BCUT2D eigenvalue weighted by molar-refractivity contribution is 6.02. The van der Waals surface area contributed by atoms with Crippen LogP contribution in [-0.4, -0.2) is 37.0 Å². The fraction of sp³-hybridized carbons (Fsp3) is 0.450. The molecule has 1 aromatic heterocycles. The van der Waals surface area contributed by atoms with Gasteiger partial charge in [0.25, 0.3) is 5.91 Å². The number of amides is 1. The van der Waals surface area contributed by atoms with Gasteiger partial charge in [-0.3, -0.25) is 9.69 Å². The highest BCUT2D eigenvalue weighted by atomic mass is 16.4. The molecule has 0 bridgehead atoms. The molecule has 0 aliphatic carbocycles. The van der Waals surface area contributed by atoms with Crippen LogP contribution >= 0.6 is 0 Å². The van der Waals surface area contributed by atoms with Crippen molar-refractivity contribution in [3.63, 3.8) is 0 Å². The Labute approximate surface area is 149 Å². The van der Waals surface area contributed by atoms with Gasteiger partial charge in [0.1, 0.15) is 5.76 Å². The van der Waals surface area contributed by atoms with Crippen LogP contribution in [0.1, 0.15) is 43.0 Å². The molecule has 1 amide bonds. The van der Waals surface area contributed by atoms with Crippen molar-refractivity contribution in [3.8, 4) is 0 Å². The van der Waals surface area contributed by atoms with Crippen LogP contribution in [0.2, 0.25) is 0 Å². The predicted octanol–water partition coefficient (Wildman–Crippen LogP) is 3.97.